The van der Waals surface area contributed by atoms with E-state index in [1.165, 1.54) is 6.08 Å². The van der Waals surface area contributed by atoms with Crippen molar-refractivity contribution >= 4 is 19.5 Å². The Morgan fingerprint density at radius 1 is 1.50 bits per heavy atom. The molecule has 0 bridgehead atoms. The zero-order valence-corrected chi connectivity index (χ0v) is 6.23. The first-order chi connectivity index (χ1) is 4.63. The van der Waals surface area contributed by atoms with Crippen LogP contribution in [0.4, 0.5) is 0 Å². The molecule has 0 fully saturated rings. The van der Waals surface area contributed by atoms with Gasteiger partial charge in [0.2, 0.25) is 0 Å². The molecule has 54 valence electrons. The molecular weight excluding hydrogens is 147 g/mol. The number of allylic oxidation sites excluding steroid dienone is 1. The lowest BCUT2D eigenvalue weighted by Crippen LogP contribution is -2.36. The van der Waals surface area contributed by atoms with Crippen LogP contribution in [0.15, 0.2) is 11.9 Å². The minimum Gasteiger partial charge on any atom is -0.318 e. The van der Waals surface area contributed by atoms with Gasteiger partial charge in [-0.05, 0) is 11.9 Å². The Morgan fingerprint density at radius 3 is 2.60 bits per heavy atom. The van der Waals surface area contributed by atoms with Crippen LogP contribution < -0.4 is 11.2 Å². The second kappa shape index (κ2) is 2.58. The maximum absolute atomic E-state index is 7.27. The molecule has 5 heteroatoms. The lowest BCUT2D eigenvalue weighted by atomic mass is 10.2. The molecule has 2 unspecified atom stereocenters. The summed E-state index contributed by atoms with van der Waals surface area (Å²) in [6, 6.07) is 0. The third kappa shape index (κ3) is 1.14. The first-order valence-electron chi connectivity index (χ1n) is 2.77. The Labute approximate surface area is 60.1 Å². The van der Waals surface area contributed by atoms with E-state index >= 15 is 0 Å². The Morgan fingerprint density at radius 2 is 2.10 bits per heavy atom. The smallest absolute Gasteiger partial charge is 0.0856 e. The highest BCUT2D eigenvalue weighted by atomic mass is 31.1. The summed E-state index contributed by atoms with van der Waals surface area (Å²) in [5, 5.41) is 14.4. The van der Waals surface area contributed by atoms with Crippen molar-refractivity contribution < 1.29 is 0 Å². The van der Waals surface area contributed by atoms with Gasteiger partial charge in [-0.3, -0.25) is 5.41 Å². The highest BCUT2D eigenvalue weighted by Gasteiger charge is 2.21. The van der Waals surface area contributed by atoms with E-state index in [1.807, 2.05) is 0 Å². The normalized spacial score (nSPS) is 33.0. The number of nitrogens with one attached hydrogen (secondary N) is 2. The minimum atomic E-state index is -0.887. The van der Waals surface area contributed by atoms with Crippen LogP contribution in [-0.4, -0.2) is 17.2 Å². The fraction of sp³-hybridized carbons (Fsp3) is 0.200. The lowest BCUT2D eigenvalue weighted by Gasteiger charge is -2.20. The molecule has 0 radical (unpaired) electrons. The van der Waals surface area contributed by atoms with Gasteiger partial charge in [-0.15, -0.1) is 0 Å². The molecule has 2 atom stereocenters. The van der Waals surface area contributed by atoms with Gasteiger partial charge in [0, 0.05) is 8.07 Å². The number of nitrogens with two attached hydrogens (primary N) is 2. The van der Waals surface area contributed by atoms with Crippen LogP contribution in [0.3, 0.4) is 0 Å². The lowest BCUT2D eigenvalue weighted by molar-refractivity contribution is 1.18. The third-order valence-corrected chi connectivity index (χ3v) is 2.71. The maximum atomic E-state index is 7.27. The van der Waals surface area contributed by atoms with E-state index < -0.39 is 13.9 Å². The van der Waals surface area contributed by atoms with Gasteiger partial charge in [0.05, 0.1) is 17.2 Å². The summed E-state index contributed by atoms with van der Waals surface area (Å²) in [6.45, 7) is 0. The second-order valence-electron chi connectivity index (χ2n) is 2.04. The summed E-state index contributed by atoms with van der Waals surface area (Å²) >= 11 is 0. The van der Waals surface area contributed by atoms with Crippen LogP contribution in [-0.2, 0) is 0 Å². The second-order valence-corrected chi connectivity index (χ2v) is 3.78. The largest absolute Gasteiger partial charge is 0.318 e. The number of rotatable bonds is 0. The molecule has 1 heterocycles. The Kier molecular flexibility index (Phi) is 1.94. The fourth-order valence-corrected chi connectivity index (χ4v) is 1.60. The third-order valence-electron chi connectivity index (χ3n) is 1.32. The quantitative estimate of drug-likeness (QED) is 0.376. The number of hydrogen-bond donors (Lipinski definition) is 4. The maximum Gasteiger partial charge on any atom is 0.0856 e. The molecular formula is C5H9N4P. The van der Waals surface area contributed by atoms with Crippen molar-refractivity contribution in [3.63, 3.8) is 0 Å². The van der Waals surface area contributed by atoms with Gasteiger partial charge in [0.1, 0.15) is 0 Å². The molecule has 6 N–H and O–H groups in total. The SMILES string of the molecule is N=C1C=CP(N)C(N)C1=N. The first-order valence-corrected chi connectivity index (χ1v) is 4.32. The zero-order valence-electron chi connectivity index (χ0n) is 5.33. The molecule has 0 aromatic heterocycles. The molecule has 4 nitrogen and oxygen atoms in total. The molecule has 0 aliphatic carbocycles. The average Bonchev–Trinajstić information content (AvgIpc) is 1.93. The Hall–Kier alpha value is -0.570. The molecule has 1 aliphatic rings. The molecule has 0 saturated heterocycles. The van der Waals surface area contributed by atoms with Gasteiger partial charge in [0.15, 0.2) is 0 Å². The van der Waals surface area contributed by atoms with Gasteiger partial charge < -0.3 is 16.6 Å². The van der Waals surface area contributed by atoms with E-state index in [0.29, 0.717) is 0 Å². The summed E-state index contributed by atoms with van der Waals surface area (Å²) in [7, 11) is -0.887. The molecule has 0 aromatic rings. The van der Waals surface area contributed by atoms with E-state index in [2.05, 4.69) is 0 Å². The summed E-state index contributed by atoms with van der Waals surface area (Å²) < 4.78 is 0. The van der Waals surface area contributed by atoms with Crippen LogP contribution in [0.1, 0.15) is 0 Å². The highest BCUT2D eigenvalue weighted by molar-refractivity contribution is 7.60. The Balaban J connectivity index is 2.89. The monoisotopic (exact) mass is 156 g/mol. The van der Waals surface area contributed by atoms with E-state index in [4.69, 9.17) is 22.1 Å². The number of hydrogen-bond acceptors (Lipinski definition) is 4. The summed E-state index contributed by atoms with van der Waals surface area (Å²) in [6.07, 6.45) is 1.54. The zero-order chi connectivity index (χ0) is 7.72. The summed E-state index contributed by atoms with van der Waals surface area (Å²) in [5.41, 5.74) is 11.4. The van der Waals surface area contributed by atoms with Crippen molar-refractivity contribution in [2.24, 2.45) is 11.2 Å². The van der Waals surface area contributed by atoms with E-state index in [0.717, 1.165) is 0 Å². The van der Waals surface area contributed by atoms with Crippen molar-refractivity contribution in [3.05, 3.63) is 11.9 Å². The molecule has 0 aromatic carbocycles. The van der Waals surface area contributed by atoms with Crippen molar-refractivity contribution in [3.8, 4) is 0 Å². The van der Waals surface area contributed by atoms with Gasteiger partial charge in [0.25, 0.3) is 0 Å². The molecule has 0 spiro atoms. The predicted octanol–water partition coefficient (Wildman–Crippen LogP) is 0.194. The molecule has 0 saturated carbocycles. The van der Waals surface area contributed by atoms with Gasteiger partial charge in [-0.2, -0.15) is 0 Å². The molecule has 1 aliphatic heterocycles. The van der Waals surface area contributed by atoms with E-state index in [9.17, 15) is 0 Å². The van der Waals surface area contributed by atoms with Crippen LogP contribution in [0.5, 0.6) is 0 Å². The standard InChI is InChI=1S/C5H9N4P/c6-3-1-2-10(9)5(8)4(3)7/h1-2,5-7H,8-9H2. The average molecular weight is 156 g/mol. The van der Waals surface area contributed by atoms with Crippen LogP contribution in [0, 0.1) is 10.8 Å². The first kappa shape index (κ1) is 7.54. The van der Waals surface area contributed by atoms with Crippen molar-refractivity contribution in [1.29, 1.82) is 10.8 Å². The van der Waals surface area contributed by atoms with Crippen LogP contribution in [0.2, 0.25) is 0 Å². The molecule has 0 amide bonds. The van der Waals surface area contributed by atoms with E-state index in [-0.39, 0.29) is 11.4 Å². The summed E-state index contributed by atoms with van der Waals surface area (Å²) in [4.78, 5) is 0. The van der Waals surface area contributed by atoms with Crippen LogP contribution in [0.25, 0.3) is 0 Å². The van der Waals surface area contributed by atoms with Crippen molar-refractivity contribution in [2.45, 2.75) is 5.78 Å². The van der Waals surface area contributed by atoms with Gasteiger partial charge in [-0.1, -0.05) is 0 Å². The molecule has 10 heavy (non-hydrogen) atoms. The van der Waals surface area contributed by atoms with Crippen molar-refractivity contribution in [2.75, 3.05) is 0 Å². The van der Waals surface area contributed by atoms with Gasteiger partial charge in [-0.25, -0.2) is 0 Å². The summed E-state index contributed by atoms with van der Waals surface area (Å²) in [5.74, 6) is 1.27. The fourth-order valence-electron chi connectivity index (χ4n) is 0.651. The minimum absolute atomic E-state index is 0.149. The predicted molar refractivity (Wildman–Crippen MR) is 43.7 cm³/mol. The van der Waals surface area contributed by atoms with Crippen molar-refractivity contribution in [1.82, 2.24) is 0 Å². The van der Waals surface area contributed by atoms with Crippen LogP contribution >= 0.6 is 8.07 Å². The Bertz CT molecular complexity index is 210. The van der Waals surface area contributed by atoms with Gasteiger partial charge >= 0.3 is 0 Å². The topological polar surface area (TPSA) is 99.7 Å². The highest BCUT2D eigenvalue weighted by Crippen LogP contribution is 2.34. The molecule has 1 rings (SSSR count). The van der Waals surface area contributed by atoms with E-state index in [1.54, 1.807) is 5.82 Å².